The lowest BCUT2D eigenvalue weighted by molar-refractivity contribution is -0.119. The largest absolute Gasteiger partial charge is 0.349 e. The number of imidazole rings is 2. The zero-order valence-corrected chi connectivity index (χ0v) is 13.9. The van der Waals surface area contributed by atoms with Crippen LogP contribution in [0.25, 0.3) is 0 Å². The SMILES string of the molecule is Cc1cccc(C)c1N(CCc1ncc[nH]1)C(=O)Cn1ccnc1. The molecular weight excluding hydrogens is 302 g/mol. The zero-order valence-electron chi connectivity index (χ0n) is 13.9. The average molecular weight is 323 g/mol. The summed E-state index contributed by atoms with van der Waals surface area (Å²) in [6.45, 7) is 4.91. The van der Waals surface area contributed by atoms with E-state index >= 15 is 0 Å². The molecule has 6 heteroatoms. The smallest absolute Gasteiger partial charge is 0.246 e. The fraction of sp³-hybridized carbons (Fsp3) is 0.278. The van der Waals surface area contributed by atoms with Crippen LogP contribution >= 0.6 is 0 Å². The fourth-order valence-electron chi connectivity index (χ4n) is 2.87. The number of aromatic nitrogens is 4. The molecule has 1 N–H and O–H groups in total. The number of aromatic amines is 1. The van der Waals surface area contributed by atoms with Gasteiger partial charge in [0.05, 0.1) is 6.33 Å². The Kier molecular flexibility index (Phi) is 4.74. The molecule has 0 saturated carbocycles. The molecule has 0 fully saturated rings. The number of anilines is 1. The van der Waals surface area contributed by atoms with Gasteiger partial charge < -0.3 is 14.5 Å². The number of H-pyrrole nitrogens is 1. The van der Waals surface area contributed by atoms with E-state index in [1.165, 1.54) is 0 Å². The maximum atomic E-state index is 12.9. The van der Waals surface area contributed by atoms with Crippen molar-refractivity contribution in [1.29, 1.82) is 0 Å². The number of hydrogen-bond donors (Lipinski definition) is 1. The van der Waals surface area contributed by atoms with E-state index in [0.717, 1.165) is 22.6 Å². The number of amides is 1. The van der Waals surface area contributed by atoms with Crippen LogP contribution in [0, 0.1) is 13.8 Å². The lowest BCUT2D eigenvalue weighted by Crippen LogP contribution is -2.36. The van der Waals surface area contributed by atoms with Crippen molar-refractivity contribution in [1.82, 2.24) is 19.5 Å². The van der Waals surface area contributed by atoms with E-state index in [1.807, 2.05) is 36.9 Å². The molecule has 2 heterocycles. The van der Waals surface area contributed by atoms with E-state index < -0.39 is 0 Å². The lowest BCUT2D eigenvalue weighted by Gasteiger charge is -2.26. The van der Waals surface area contributed by atoms with Gasteiger partial charge in [-0.15, -0.1) is 0 Å². The van der Waals surface area contributed by atoms with Crippen LogP contribution < -0.4 is 4.90 Å². The third kappa shape index (κ3) is 3.53. The van der Waals surface area contributed by atoms with Crippen molar-refractivity contribution in [2.45, 2.75) is 26.8 Å². The zero-order chi connectivity index (χ0) is 16.9. The summed E-state index contributed by atoms with van der Waals surface area (Å²) in [6.07, 6.45) is 9.34. The van der Waals surface area contributed by atoms with Crippen LogP contribution in [0.2, 0.25) is 0 Å². The molecule has 0 radical (unpaired) electrons. The van der Waals surface area contributed by atoms with Gasteiger partial charge in [0.15, 0.2) is 0 Å². The molecule has 0 aliphatic heterocycles. The molecule has 124 valence electrons. The first-order chi connectivity index (χ1) is 11.6. The highest BCUT2D eigenvalue weighted by atomic mass is 16.2. The number of carbonyl (C=O) groups excluding carboxylic acids is 1. The summed E-state index contributed by atoms with van der Waals surface area (Å²) in [7, 11) is 0. The van der Waals surface area contributed by atoms with E-state index in [-0.39, 0.29) is 12.5 Å². The monoisotopic (exact) mass is 323 g/mol. The first kappa shape index (κ1) is 16.0. The molecular formula is C18H21N5O. The van der Waals surface area contributed by atoms with E-state index in [0.29, 0.717) is 13.0 Å². The average Bonchev–Trinajstić information content (AvgIpc) is 3.23. The fourth-order valence-corrected chi connectivity index (χ4v) is 2.87. The van der Waals surface area contributed by atoms with Crippen LogP contribution in [-0.2, 0) is 17.8 Å². The molecule has 1 amide bonds. The van der Waals surface area contributed by atoms with Crippen molar-refractivity contribution in [2.24, 2.45) is 0 Å². The molecule has 0 aliphatic rings. The predicted molar refractivity (Wildman–Crippen MR) is 92.8 cm³/mol. The summed E-state index contributed by atoms with van der Waals surface area (Å²) in [5.74, 6) is 0.915. The van der Waals surface area contributed by atoms with Crippen LogP contribution in [0.15, 0.2) is 49.3 Å². The second-order valence-corrected chi connectivity index (χ2v) is 5.81. The predicted octanol–water partition coefficient (Wildman–Crippen LogP) is 2.50. The van der Waals surface area contributed by atoms with Crippen LogP contribution in [0.4, 0.5) is 5.69 Å². The van der Waals surface area contributed by atoms with Crippen molar-refractivity contribution in [3.63, 3.8) is 0 Å². The van der Waals surface area contributed by atoms with Gasteiger partial charge in [-0.05, 0) is 25.0 Å². The summed E-state index contributed by atoms with van der Waals surface area (Å²) in [5, 5.41) is 0. The Bertz CT molecular complexity index is 773. The summed E-state index contributed by atoms with van der Waals surface area (Å²) in [6, 6.07) is 6.08. The molecule has 0 atom stereocenters. The number of nitrogens with zero attached hydrogens (tertiary/aromatic N) is 4. The third-order valence-corrected chi connectivity index (χ3v) is 4.01. The number of rotatable bonds is 6. The number of aryl methyl sites for hydroxylation is 2. The number of para-hydroxylation sites is 1. The minimum Gasteiger partial charge on any atom is -0.349 e. The molecule has 1 aromatic carbocycles. The minimum absolute atomic E-state index is 0.0388. The molecule has 6 nitrogen and oxygen atoms in total. The van der Waals surface area contributed by atoms with Gasteiger partial charge in [0.2, 0.25) is 5.91 Å². The van der Waals surface area contributed by atoms with Gasteiger partial charge in [-0.25, -0.2) is 9.97 Å². The Hall–Kier alpha value is -2.89. The second-order valence-electron chi connectivity index (χ2n) is 5.81. The third-order valence-electron chi connectivity index (χ3n) is 4.01. The normalized spacial score (nSPS) is 10.8. The van der Waals surface area contributed by atoms with Gasteiger partial charge in [0, 0.05) is 43.4 Å². The van der Waals surface area contributed by atoms with E-state index in [4.69, 9.17) is 0 Å². The van der Waals surface area contributed by atoms with Gasteiger partial charge in [0.25, 0.3) is 0 Å². The van der Waals surface area contributed by atoms with Crippen molar-refractivity contribution in [3.8, 4) is 0 Å². The Balaban J connectivity index is 1.86. The highest BCUT2D eigenvalue weighted by Crippen LogP contribution is 2.25. The molecule has 24 heavy (non-hydrogen) atoms. The summed E-state index contributed by atoms with van der Waals surface area (Å²) >= 11 is 0. The highest BCUT2D eigenvalue weighted by molar-refractivity contribution is 5.94. The maximum absolute atomic E-state index is 12.9. The van der Waals surface area contributed by atoms with Crippen molar-refractivity contribution < 1.29 is 4.79 Å². The molecule has 0 saturated heterocycles. The maximum Gasteiger partial charge on any atom is 0.246 e. The highest BCUT2D eigenvalue weighted by Gasteiger charge is 2.20. The number of benzene rings is 1. The topological polar surface area (TPSA) is 66.8 Å². The van der Waals surface area contributed by atoms with Crippen LogP contribution in [0.1, 0.15) is 17.0 Å². The molecule has 0 unspecified atom stereocenters. The van der Waals surface area contributed by atoms with Gasteiger partial charge >= 0.3 is 0 Å². The van der Waals surface area contributed by atoms with Crippen molar-refractivity contribution in [3.05, 3.63) is 66.3 Å². The lowest BCUT2D eigenvalue weighted by atomic mass is 10.1. The molecule has 0 aliphatic carbocycles. The van der Waals surface area contributed by atoms with E-state index in [1.54, 1.807) is 35.7 Å². The second kappa shape index (κ2) is 7.12. The number of carbonyl (C=O) groups is 1. The first-order valence-corrected chi connectivity index (χ1v) is 7.95. The summed E-state index contributed by atoms with van der Waals surface area (Å²) < 4.78 is 1.79. The van der Waals surface area contributed by atoms with Crippen molar-refractivity contribution >= 4 is 11.6 Å². The van der Waals surface area contributed by atoms with Gasteiger partial charge in [-0.3, -0.25) is 4.79 Å². The van der Waals surface area contributed by atoms with Crippen molar-refractivity contribution in [2.75, 3.05) is 11.4 Å². The van der Waals surface area contributed by atoms with E-state index in [2.05, 4.69) is 15.0 Å². The molecule has 2 aromatic heterocycles. The first-order valence-electron chi connectivity index (χ1n) is 7.95. The number of hydrogen-bond acceptors (Lipinski definition) is 3. The summed E-state index contributed by atoms with van der Waals surface area (Å²) in [4.78, 5) is 26.1. The molecule has 0 bridgehead atoms. The quantitative estimate of drug-likeness (QED) is 0.758. The Morgan fingerprint density at radius 3 is 2.67 bits per heavy atom. The summed E-state index contributed by atoms with van der Waals surface area (Å²) in [5.41, 5.74) is 3.16. The molecule has 3 rings (SSSR count). The molecule has 3 aromatic rings. The standard InChI is InChI=1S/C18H21N5O/c1-14-4-3-5-15(2)18(14)23(10-6-16-20-7-8-21-16)17(24)12-22-11-9-19-13-22/h3-5,7-9,11,13H,6,10,12H2,1-2H3,(H,20,21). The molecule has 0 spiro atoms. The Morgan fingerprint density at radius 1 is 1.25 bits per heavy atom. The van der Waals surface area contributed by atoms with Gasteiger partial charge in [-0.1, -0.05) is 18.2 Å². The van der Waals surface area contributed by atoms with Crippen LogP contribution in [0.5, 0.6) is 0 Å². The van der Waals surface area contributed by atoms with E-state index in [9.17, 15) is 4.79 Å². The van der Waals surface area contributed by atoms with Crippen LogP contribution in [0.3, 0.4) is 0 Å². The Morgan fingerprint density at radius 2 is 2.04 bits per heavy atom. The minimum atomic E-state index is 0.0388. The van der Waals surface area contributed by atoms with Gasteiger partial charge in [-0.2, -0.15) is 0 Å². The van der Waals surface area contributed by atoms with Crippen LogP contribution in [-0.4, -0.2) is 32.0 Å². The van der Waals surface area contributed by atoms with Gasteiger partial charge in [0.1, 0.15) is 12.4 Å². The number of nitrogens with one attached hydrogen (secondary N) is 1. The Labute approximate surface area is 141 Å².